The Morgan fingerprint density at radius 3 is 1.26 bits per heavy atom. The molecule has 0 N–H and O–H groups in total. The standard InChI is InChI=1S/C21H20BrP/c1-20(17-11-5-2-6-12-17,18-13-7-3-8-14-18)21(22,23)19-15-9-4-10-16-19/h2-16H,23H2,1H3. The third-order valence-electron chi connectivity index (χ3n) is 4.62. The van der Waals surface area contributed by atoms with Crippen molar-refractivity contribution in [1.82, 2.24) is 0 Å². The molecule has 3 aromatic rings. The highest BCUT2D eigenvalue weighted by Crippen LogP contribution is 2.56. The molecule has 2 atom stereocenters. The number of halogens is 1. The zero-order valence-corrected chi connectivity index (χ0v) is 15.9. The molecule has 2 unspecified atom stereocenters. The fourth-order valence-electron chi connectivity index (χ4n) is 3.10. The van der Waals surface area contributed by atoms with E-state index in [1.807, 2.05) is 0 Å². The molecule has 0 amide bonds. The van der Waals surface area contributed by atoms with Crippen LogP contribution in [0.3, 0.4) is 0 Å². The van der Waals surface area contributed by atoms with Crippen LogP contribution >= 0.6 is 25.2 Å². The van der Waals surface area contributed by atoms with Crippen LogP contribution in [0, 0.1) is 0 Å². The summed E-state index contributed by atoms with van der Waals surface area (Å²) in [5.41, 5.74) is 3.56. The lowest BCUT2D eigenvalue weighted by Crippen LogP contribution is -2.39. The van der Waals surface area contributed by atoms with E-state index in [1.165, 1.54) is 16.7 Å². The van der Waals surface area contributed by atoms with Crippen LogP contribution in [0.2, 0.25) is 0 Å². The summed E-state index contributed by atoms with van der Waals surface area (Å²) in [6.07, 6.45) is 0. The Bertz CT molecular complexity index is 712. The van der Waals surface area contributed by atoms with Gasteiger partial charge in [0, 0.05) is 5.41 Å². The van der Waals surface area contributed by atoms with Crippen molar-refractivity contribution in [2.45, 2.75) is 16.4 Å². The molecule has 0 aromatic heterocycles. The fraction of sp³-hybridized carbons (Fsp3) is 0.143. The SMILES string of the molecule is CC(c1ccccc1)(c1ccccc1)C(P)(Br)c1ccccc1. The molecule has 0 saturated heterocycles. The van der Waals surface area contributed by atoms with Gasteiger partial charge in [0.25, 0.3) is 0 Å². The topological polar surface area (TPSA) is 0 Å². The average molecular weight is 383 g/mol. The molecular formula is C21H20BrP. The highest BCUT2D eigenvalue weighted by molar-refractivity contribution is 9.10. The van der Waals surface area contributed by atoms with Crippen LogP contribution in [0.1, 0.15) is 23.6 Å². The van der Waals surface area contributed by atoms with Gasteiger partial charge in [0.2, 0.25) is 0 Å². The van der Waals surface area contributed by atoms with E-state index < -0.39 is 0 Å². The monoisotopic (exact) mass is 382 g/mol. The van der Waals surface area contributed by atoms with Gasteiger partial charge in [-0.05, 0) is 23.6 Å². The van der Waals surface area contributed by atoms with E-state index in [1.54, 1.807) is 0 Å². The second-order valence-electron chi connectivity index (χ2n) is 5.93. The van der Waals surface area contributed by atoms with Crippen molar-refractivity contribution in [1.29, 1.82) is 0 Å². The second-order valence-corrected chi connectivity index (χ2v) is 8.90. The lowest BCUT2D eigenvalue weighted by molar-refractivity contribution is 0.527. The van der Waals surface area contributed by atoms with Crippen LogP contribution in [0.25, 0.3) is 0 Å². The van der Waals surface area contributed by atoms with Gasteiger partial charge in [0.05, 0.1) is 4.07 Å². The Balaban J connectivity index is 2.25. The number of alkyl halides is 1. The van der Waals surface area contributed by atoms with Crippen LogP contribution < -0.4 is 0 Å². The quantitative estimate of drug-likeness (QED) is 0.376. The highest BCUT2D eigenvalue weighted by atomic mass is 79.9. The zero-order chi connectivity index (χ0) is 16.3. The molecule has 0 radical (unpaired) electrons. The molecule has 0 aliphatic heterocycles. The van der Waals surface area contributed by atoms with Gasteiger partial charge >= 0.3 is 0 Å². The minimum atomic E-state index is -0.316. The Morgan fingerprint density at radius 1 is 0.609 bits per heavy atom. The number of rotatable bonds is 4. The third kappa shape index (κ3) is 2.89. The summed E-state index contributed by atoms with van der Waals surface area (Å²) in [6.45, 7) is 2.30. The molecule has 0 aliphatic rings. The van der Waals surface area contributed by atoms with Crippen LogP contribution in [0.15, 0.2) is 91.0 Å². The van der Waals surface area contributed by atoms with Gasteiger partial charge in [0.15, 0.2) is 0 Å². The number of hydrogen-bond acceptors (Lipinski definition) is 0. The van der Waals surface area contributed by atoms with E-state index in [9.17, 15) is 0 Å². The molecule has 0 aliphatic carbocycles. The molecule has 116 valence electrons. The largest absolute Gasteiger partial charge is 0.114 e. The average Bonchev–Trinajstić information content (AvgIpc) is 2.63. The molecule has 3 rings (SSSR count). The van der Waals surface area contributed by atoms with Gasteiger partial charge in [-0.2, -0.15) is 0 Å². The summed E-state index contributed by atoms with van der Waals surface area (Å²) in [5.74, 6) is 0. The van der Waals surface area contributed by atoms with E-state index in [2.05, 4.69) is 123 Å². The molecule has 0 heterocycles. The van der Waals surface area contributed by atoms with Gasteiger partial charge in [-0.15, -0.1) is 9.24 Å². The summed E-state index contributed by atoms with van der Waals surface area (Å²) in [6, 6.07) is 32.0. The minimum Gasteiger partial charge on any atom is -0.114 e. The molecule has 0 bridgehead atoms. The van der Waals surface area contributed by atoms with Crippen LogP contribution in [0.5, 0.6) is 0 Å². The molecule has 3 aromatic carbocycles. The summed E-state index contributed by atoms with van der Waals surface area (Å²) in [5, 5.41) is 0. The van der Waals surface area contributed by atoms with Gasteiger partial charge < -0.3 is 0 Å². The van der Waals surface area contributed by atoms with E-state index >= 15 is 0 Å². The maximum absolute atomic E-state index is 4.05. The predicted molar refractivity (Wildman–Crippen MR) is 106 cm³/mol. The normalized spacial score (nSPS) is 14.2. The van der Waals surface area contributed by atoms with Crippen molar-refractivity contribution in [3.05, 3.63) is 108 Å². The zero-order valence-electron chi connectivity index (χ0n) is 13.1. The maximum Gasteiger partial charge on any atom is 0.0777 e. The first-order valence-electron chi connectivity index (χ1n) is 7.71. The van der Waals surface area contributed by atoms with Crippen LogP contribution in [0.4, 0.5) is 0 Å². The smallest absolute Gasteiger partial charge is 0.0777 e. The number of benzene rings is 3. The van der Waals surface area contributed by atoms with Crippen molar-refractivity contribution < 1.29 is 0 Å². The molecule has 0 spiro atoms. The molecule has 0 saturated carbocycles. The Morgan fingerprint density at radius 2 is 0.913 bits per heavy atom. The molecule has 0 nitrogen and oxygen atoms in total. The van der Waals surface area contributed by atoms with E-state index in [-0.39, 0.29) is 9.48 Å². The Labute approximate surface area is 149 Å². The second kappa shape index (κ2) is 6.59. The van der Waals surface area contributed by atoms with Gasteiger partial charge in [-0.3, -0.25) is 0 Å². The first kappa shape index (κ1) is 16.4. The Hall–Kier alpha value is -1.43. The van der Waals surface area contributed by atoms with Crippen molar-refractivity contribution in [2.75, 3.05) is 0 Å². The lowest BCUT2D eigenvalue weighted by atomic mass is 9.71. The van der Waals surface area contributed by atoms with Crippen molar-refractivity contribution in [3.8, 4) is 0 Å². The molecule has 2 heteroatoms. The first-order chi connectivity index (χ1) is 11.1. The summed E-state index contributed by atoms with van der Waals surface area (Å²) >= 11 is 4.05. The van der Waals surface area contributed by atoms with Crippen molar-refractivity contribution >= 4 is 25.2 Å². The number of hydrogen-bond donors (Lipinski definition) is 0. The highest BCUT2D eigenvalue weighted by Gasteiger charge is 2.46. The Kier molecular flexibility index (Phi) is 4.71. The molecule has 23 heavy (non-hydrogen) atoms. The van der Waals surface area contributed by atoms with Gasteiger partial charge in [-0.25, -0.2) is 0 Å². The van der Waals surface area contributed by atoms with Crippen molar-refractivity contribution in [2.24, 2.45) is 0 Å². The summed E-state index contributed by atoms with van der Waals surface area (Å²) in [7, 11) is 3.04. The van der Waals surface area contributed by atoms with Crippen LogP contribution in [-0.2, 0) is 9.48 Å². The third-order valence-corrected chi connectivity index (χ3v) is 6.79. The predicted octanol–water partition coefficient (Wildman–Crippen LogP) is 6.12. The first-order valence-corrected chi connectivity index (χ1v) is 9.08. The minimum absolute atomic E-state index is 0.235. The van der Waals surface area contributed by atoms with E-state index in [0.717, 1.165) is 0 Å². The lowest BCUT2D eigenvalue weighted by Gasteiger charge is -2.44. The fourth-order valence-corrected chi connectivity index (χ4v) is 4.35. The maximum atomic E-state index is 4.05. The molecule has 0 fully saturated rings. The van der Waals surface area contributed by atoms with E-state index in [4.69, 9.17) is 0 Å². The van der Waals surface area contributed by atoms with E-state index in [0.29, 0.717) is 0 Å². The molecular weight excluding hydrogens is 363 g/mol. The van der Waals surface area contributed by atoms with Crippen LogP contribution in [-0.4, -0.2) is 0 Å². The summed E-state index contributed by atoms with van der Waals surface area (Å²) in [4.78, 5) is 0. The van der Waals surface area contributed by atoms with Gasteiger partial charge in [-0.1, -0.05) is 107 Å². The van der Waals surface area contributed by atoms with Gasteiger partial charge in [0.1, 0.15) is 0 Å². The summed E-state index contributed by atoms with van der Waals surface area (Å²) < 4.78 is -0.316. The van der Waals surface area contributed by atoms with Crippen molar-refractivity contribution in [3.63, 3.8) is 0 Å².